The summed E-state index contributed by atoms with van der Waals surface area (Å²) >= 11 is 0. The Bertz CT molecular complexity index is 324. The van der Waals surface area contributed by atoms with Crippen molar-refractivity contribution in [2.75, 3.05) is 13.7 Å². The molecule has 0 atom stereocenters. The van der Waals surface area contributed by atoms with E-state index in [2.05, 4.69) is 5.32 Å². The molecule has 1 fully saturated rings. The Morgan fingerprint density at radius 3 is 2.29 bits per heavy atom. The minimum atomic E-state index is -0.723. The third-order valence-electron chi connectivity index (χ3n) is 4.32. The number of carboxylic acids is 1. The second-order valence-electron chi connectivity index (χ2n) is 5.93. The Kier molecular flexibility index (Phi) is 8.35. The van der Waals surface area contributed by atoms with E-state index in [9.17, 15) is 9.59 Å². The van der Waals surface area contributed by atoms with Gasteiger partial charge in [-0.05, 0) is 25.7 Å². The summed E-state index contributed by atoms with van der Waals surface area (Å²) in [5.41, 5.74) is -0.597. The summed E-state index contributed by atoms with van der Waals surface area (Å²) in [5.74, 6) is -0.685. The van der Waals surface area contributed by atoms with Crippen LogP contribution in [-0.4, -0.2) is 36.2 Å². The molecular weight excluding hydrogens is 270 g/mol. The first-order valence-corrected chi connectivity index (χ1v) is 8.16. The van der Waals surface area contributed by atoms with Crippen molar-refractivity contribution in [3.63, 3.8) is 0 Å². The van der Waals surface area contributed by atoms with Gasteiger partial charge in [0.05, 0.1) is 0 Å². The molecule has 0 heterocycles. The van der Waals surface area contributed by atoms with Gasteiger partial charge in [-0.15, -0.1) is 0 Å². The van der Waals surface area contributed by atoms with Crippen molar-refractivity contribution in [2.24, 2.45) is 0 Å². The smallest absolute Gasteiger partial charge is 0.303 e. The Morgan fingerprint density at radius 1 is 1.05 bits per heavy atom. The van der Waals surface area contributed by atoms with Crippen LogP contribution in [0.4, 0.5) is 0 Å². The number of hydrogen-bond donors (Lipinski definition) is 2. The minimum Gasteiger partial charge on any atom is -0.481 e. The van der Waals surface area contributed by atoms with Crippen LogP contribution >= 0.6 is 0 Å². The summed E-state index contributed by atoms with van der Waals surface area (Å²) in [6.45, 7) is 0.683. The lowest BCUT2D eigenvalue weighted by molar-refractivity contribution is -0.147. The van der Waals surface area contributed by atoms with Crippen LogP contribution < -0.4 is 5.32 Å². The van der Waals surface area contributed by atoms with Crippen LogP contribution in [0.3, 0.4) is 0 Å². The predicted octanol–water partition coefficient (Wildman–Crippen LogP) is 2.88. The second-order valence-corrected chi connectivity index (χ2v) is 5.93. The van der Waals surface area contributed by atoms with Crippen LogP contribution in [0.5, 0.6) is 0 Å². The van der Waals surface area contributed by atoms with Crippen LogP contribution in [0, 0.1) is 0 Å². The molecule has 0 bridgehead atoms. The first kappa shape index (κ1) is 18.0. The van der Waals surface area contributed by atoms with Crippen molar-refractivity contribution in [1.82, 2.24) is 5.32 Å². The quantitative estimate of drug-likeness (QED) is 0.608. The molecule has 2 N–H and O–H groups in total. The predicted molar refractivity (Wildman–Crippen MR) is 81.2 cm³/mol. The van der Waals surface area contributed by atoms with E-state index in [0.29, 0.717) is 6.54 Å². The van der Waals surface area contributed by atoms with E-state index in [0.717, 1.165) is 57.8 Å². The zero-order valence-corrected chi connectivity index (χ0v) is 13.2. The molecule has 0 aromatic rings. The van der Waals surface area contributed by atoms with E-state index >= 15 is 0 Å². The van der Waals surface area contributed by atoms with Crippen molar-refractivity contribution in [3.05, 3.63) is 0 Å². The van der Waals surface area contributed by atoms with Gasteiger partial charge in [0.2, 0.25) is 0 Å². The van der Waals surface area contributed by atoms with Crippen LogP contribution in [0.1, 0.15) is 70.6 Å². The molecule has 5 nitrogen and oxygen atoms in total. The third-order valence-corrected chi connectivity index (χ3v) is 4.32. The zero-order valence-electron chi connectivity index (χ0n) is 13.2. The summed E-state index contributed by atoms with van der Waals surface area (Å²) in [7, 11) is 1.63. The molecular formula is C16H29NO4. The highest BCUT2D eigenvalue weighted by Gasteiger charge is 2.39. The summed E-state index contributed by atoms with van der Waals surface area (Å²) < 4.78 is 5.51. The van der Waals surface area contributed by atoms with Gasteiger partial charge < -0.3 is 15.2 Å². The van der Waals surface area contributed by atoms with E-state index in [1.807, 2.05) is 0 Å². The summed E-state index contributed by atoms with van der Waals surface area (Å²) in [6, 6.07) is 0. The van der Waals surface area contributed by atoms with Gasteiger partial charge in [-0.25, -0.2) is 0 Å². The van der Waals surface area contributed by atoms with Gasteiger partial charge >= 0.3 is 5.97 Å². The van der Waals surface area contributed by atoms with E-state index in [1.54, 1.807) is 7.11 Å². The Hall–Kier alpha value is -1.10. The van der Waals surface area contributed by atoms with Crippen molar-refractivity contribution in [3.8, 4) is 0 Å². The summed E-state index contributed by atoms with van der Waals surface area (Å²) in [4.78, 5) is 22.6. The fraction of sp³-hybridized carbons (Fsp3) is 0.875. The van der Waals surface area contributed by atoms with Crippen LogP contribution in [0.2, 0.25) is 0 Å². The Balaban J connectivity index is 2.08. The molecule has 0 aromatic heterocycles. The van der Waals surface area contributed by atoms with Gasteiger partial charge in [-0.3, -0.25) is 9.59 Å². The maximum absolute atomic E-state index is 12.3. The SMILES string of the molecule is COC1(C(=O)NCCCCCCCC(=O)O)CCCCC1. The normalized spacial score (nSPS) is 17.4. The number of carbonyl (C=O) groups excluding carboxylic acids is 1. The highest BCUT2D eigenvalue weighted by Crippen LogP contribution is 2.31. The zero-order chi connectivity index (χ0) is 15.6. The average Bonchev–Trinajstić information content (AvgIpc) is 2.50. The van der Waals surface area contributed by atoms with Crippen molar-refractivity contribution >= 4 is 11.9 Å². The lowest BCUT2D eigenvalue weighted by atomic mass is 9.84. The second kappa shape index (κ2) is 9.77. The standard InChI is InChI=1S/C16H29NO4/c1-21-16(11-7-5-8-12-16)15(20)17-13-9-4-2-3-6-10-14(18)19/h2-13H2,1H3,(H,17,20)(H,18,19). The van der Waals surface area contributed by atoms with Gasteiger partial charge in [0.1, 0.15) is 5.60 Å². The number of hydrogen-bond acceptors (Lipinski definition) is 3. The molecule has 1 saturated carbocycles. The minimum absolute atomic E-state index is 0.0376. The van der Waals surface area contributed by atoms with E-state index in [-0.39, 0.29) is 12.3 Å². The molecule has 0 aliphatic heterocycles. The van der Waals surface area contributed by atoms with Crippen molar-refractivity contribution < 1.29 is 19.4 Å². The summed E-state index contributed by atoms with van der Waals surface area (Å²) in [6.07, 6.45) is 9.90. The van der Waals surface area contributed by atoms with Gasteiger partial charge in [0.25, 0.3) is 5.91 Å². The number of nitrogens with one attached hydrogen (secondary N) is 1. The number of ether oxygens (including phenoxy) is 1. The topological polar surface area (TPSA) is 75.6 Å². The number of methoxy groups -OCH3 is 1. The maximum Gasteiger partial charge on any atom is 0.303 e. The maximum atomic E-state index is 12.3. The van der Waals surface area contributed by atoms with E-state index in [1.165, 1.54) is 6.42 Å². The molecule has 1 aliphatic carbocycles. The lowest BCUT2D eigenvalue weighted by Crippen LogP contribution is -2.49. The largest absolute Gasteiger partial charge is 0.481 e. The van der Waals surface area contributed by atoms with Gasteiger partial charge in [0.15, 0.2) is 0 Å². The Morgan fingerprint density at radius 2 is 1.67 bits per heavy atom. The molecule has 0 saturated heterocycles. The number of rotatable bonds is 10. The number of aliphatic carboxylic acids is 1. The van der Waals surface area contributed by atoms with Gasteiger partial charge in [0, 0.05) is 20.1 Å². The first-order chi connectivity index (χ1) is 10.1. The third kappa shape index (κ3) is 6.46. The number of unbranched alkanes of at least 4 members (excludes halogenated alkanes) is 4. The molecule has 0 spiro atoms. The monoisotopic (exact) mass is 299 g/mol. The van der Waals surface area contributed by atoms with E-state index in [4.69, 9.17) is 9.84 Å². The lowest BCUT2D eigenvalue weighted by Gasteiger charge is -2.34. The fourth-order valence-corrected chi connectivity index (χ4v) is 2.94. The molecule has 1 rings (SSSR count). The molecule has 1 amide bonds. The van der Waals surface area contributed by atoms with Crippen LogP contribution in [0.25, 0.3) is 0 Å². The fourth-order valence-electron chi connectivity index (χ4n) is 2.94. The van der Waals surface area contributed by atoms with Gasteiger partial charge in [-0.1, -0.05) is 38.5 Å². The number of amides is 1. The molecule has 0 aromatic carbocycles. The number of carbonyl (C=O) groups is 2. The van der Waals surface area contributed by atoms with Gasteiger partial charge in [-0.2, -0.15) is 0 Å². The molecule has 21 heavy (non-hydrogen) atoms. The Labute approximate surface area is 127 Å². The van der Waals surface area contributed by atoms with Crippen LogP contribution in [0.15, 0.2) is 0 Å². The highest BCUT2D eigenvalue weighted by molar-refractivity contribution is 5.85. The van der Waals surface area contributed by atoms with E-state index < -0.39 is 11.6 Å². The number of carboxylic acid groups (broad SMARTS) is 1. The van der Waals surface area contributed by atoms with Crippen molar-refractivity contribution in [2.45, 2.75) is 76.2 Å². The van der Waals surface area contributed by atoms with Crippen molar-refractivity contribution in [1.29, 1.82) is 0 Å². The highest BCUT2D eigenvalue weighted by atomic mass is 16.5. The molecule has 0 unspecified atom stereocenters. The first-order valence-electron chi connectivity index (χ1n) is 8.16. The molecule has 1 aliphatic rings. The summed E-state index contributed by atoms with van der Waals surface area (Å²) in [5, 5.41) is 11.5. The molecule has 122 valence electrons. The van der Waals surface area contributed by atoms with Crippen LogP contribution in [-0.2, 0) is 14.3 Å². The molecule has 0 radical (unpaired) electrons. The average molecular weight is 299 g/mol. The molecule has 5 heteroatoms.